The molecule has 28 heavy (non-hydrogen) atoms. The minimum Gasteiger partial charge on any atom is -0.508 e. The van der Waals surface area contributed by atoms with E-state index in [0.29, 0.717) is 18.9 Å². The maximum atomic E-state index is 12.0. The summed E-state index contributed by atoms with van der Waals surface area (Å²) in [6.45, 7) is 0.379. The van der Waals surface area contributed by atoms with Crippen LogP contribution in [0.3, 0.4) is 0 Å². The maximum Gasteiger partial charge on any atom is 0.244 e. The molecule has 1 aromatic rings. The number of carbonyl (C=O) groups excluding carboxylic acids is 3. The van der Waals surface area contributed by atoms with E-state index in [9.17, 15) is 19.5 Å². The zero-order valence-electron chi connectivity index (χ0n) is 16.0. The number of primary amides is 1. The molecule has 1 atom stereocenters. The molecule has 7 heteroatoms. The number of carbonyl (C=O) groups is 3. The van der Waals surface area contributed by atoms with E-state index in [0.717, 1.165) is 12.0 Å². The molecular formula is C21H29N3O4. The monoisotopic (exact) mass is 387 g/mol. The lowest BCUT2D eigenvalue weighted by Crippen LogP contribution is -2.46. The number of allylic oxidation sites excluding steroid dienone is 1. The second-order valence-electron chi connectivity index (χ2n) is 7.22. The Morgan fingerprint density at radius 2 is 1.86 bits per heavy atom. The van der Waals surface area contributed by atoms with Gasteiger partial charge in [0.25, 0.3) is 0 Å². The summed E-state index contributed by atoms with van der Waals surface area (Å²) in [5.74, 6) is -0.705. The van der Waals surface area contributed by atoms with Crippen molar-refractivity contribution < 1.29 is 19.5 Å². The van der Waals surface area contributed by atoms with Crippen LogP contribution in [0.1, 0.15) is 44.1 Å². The van der Waals surface area contributed by atoms with Crippen molar-refractivity contribution in [2.75, 3.05) is 6.54 Å². The summed E-state index contributed by atoms with van der Waals surface area (Å²) < 4.78 is 0. The molecule has 0 radical (unpaired) electrons. The molecule has 3 amide bonds. The lowest BCUT2D eigenvalue weighted by Gasteiger charge is -2.14. The fraction of sp³-hybridized carbons (Fsp3) is 0.476. The second kappa shape index (κ2) is 11.1. The molecule has 0 heterocycles. The summed E-state index contributed by atoms with van der Waals surface area (Å²) in [6, 6.07) is 5.65. The number of amides is 3. The van der Waals surface area contributed by atoms with Crippen LogP contribution < -0.4 is 16.4 Å². The molecular weight excluding hydrogens is 358 g/mol. The predicted molar refractivity (Wildman–Crippen MR) is 106 cm³/mol. The summed E-state index contributed by atoms with van der Waals surface area (Å²) >= 11 is 0. The van der Waals surface area contributed by atoms with Crippen molar-refractivity contribution in [3.63, 3.8) is 0 Å². The average molecular weight is 387 g/mol. The van der Waals surface area contributed by atoms with Crippen molar-refractivity contribution in [2.45, 2.75) is 51.0 Å². The van der Waals surface area contributed by atoms with Crippen molar-refractivity contribution in [2.24, 2.45) is 11.7 Å². The molecule has 0 aromatic heterocycles. The molecule has 5 N–H and O–H groups in total. The number of aromatic hydroxyl groups is 1. The van der Waals surface area contributed by atoms with Gasteiger partial charge in [0.15, 0.2) is 0 Å². The Morgan fingerprint density at radius 1 is 1.18 bits per heavy atom. The number of nitrogens with one attached hydrogen (secondary N) is 2. The normalized spacial score (nSPS) is 15.4. The molecule has 0 bridgehead atoms. The lowest BCUT2D eigenvalue weighted by atomic mass is 10.0. The Labute approximate surface area is 165 Å². The van der Waals surface area contributed by atoms with Crippen molar-refractivity contribution >= 4 is 17.7 Å². The molecule has 0 spiro atoms. The number of phenolic OH excluding ortho intramolecular Hbond substituents is 1. The van der Waals surface area contributed by atoms with E-state index < -0.39 is 17.9 Å². The highest BCUT2D eigenvalue weighted by atomic mass is 16.3. The second-order valence-corrected chi connectivity index (χ2v) is 7.22. The molecule has 1 aromatic carbocycles. The van der Waals surface area contributed by atoms with E-state index in [-0.39, 0.29) is 18.1 Å². The molecule has 2 rings (SSSR count). The third kappa shape index (κ3) is 7.82. The van der Waals surface area contributed by atoms with Gasteiger partial charge in [0.05, 0.1) is 6.42 Å². The van der Waals surface area contributed by atoms with Crippen LogP contribution >= 0.6 is 0 Å². The van der Waals surface area contributed by atoms with E-state index >= 15 is 0 Å². The number of hydrogen-bond acceptors (Lipinski definition) is 4. The number of benzene rings is 1. The van der Waals surface area contributed by atoms with Crippen molar-refractivity contribution in [3.8, 4) is 5.75 Å². The SMILES string of the molecule is NC(=O)C(CC(=O)NCCc1ccc(O)cc1)NC(=O)C=CCC1CCCC1. The van der Waals surface area contributed by atoms with Crippen LogP contribution in [0, 0.1) is 5.92 Å². The third-order valence-corrected chi connectivity index (χ3v) is 4.94. The molecule has 0 aliphatic heterocycles. The van der Waals surface area contributed by atoms with Gasteiger partial charge in [0.1, 0.15) is 11.8 Å². The first kappa shape index (κ1) is 21.5. The van der Waals surface area contributed by atoms with Gasteiger partial charge in [-0.15, -0.1) is 0 Å². The molecule has 1 saturated carbocycles. The zero-order valence-corrected chi connectivity index (χ0v) is 16.0. The van der Waals surface area contributed by atoms with Gasteiger partial charge in [0.2, 0.25) is 17.7 Å². The molecule has 0 saturated heterocycles. The third-order valence-electron chi connectivity index (χ3n) is 4.94. The summed E-state index contributed by atoms with van der Waals surface area (Å²) in [7, 11) is 0. The van der Waals surface area contributed by atoms with Gasteiger partial charge >= 0.3 is 0 Å². The standard InChI is InChI=1S/C21H29N3O4/c22-21(28)18(24-19(26)7-3-6-15-4-1-2-5-15)14-20(27)23-13-12-16-8-10-17(25)11-9-16/h3,7-11,15,18,25H,1-2,4-6,12-14H2,(H2,22,28)(H,23,27)(H,24,26). The van der Waals surface area contributed by atoms with E-state index in [1.165, 1.54) is 31.8 Å². The quantitative estimate of drug-likeness (QED) is 0.455. The number of rotatable bonds is 10. The Balaban J connectivity index is 1.71. The average Bonchev–Trinajstić information content (AvgIpc) is 3.16. The summed E-state index contributed by atoms with van der Waals surface area (Å²) in [5, 5.41) is 14.5. The van der Waals surface area contributed by atoms with Gasteiger partial charge in [-0.2, -0.15) is 0 Å². The van der Waals surface area contributed by atoms with Crippen LogP contribution in [0.15, 0.2) is 36.4 Å². The van der Waals surface area contributed by atoms with Crippen LogP contribution in [-0.4, -0.2) is 35.4 Å². The highest BCUT2D eigenvalue weighted by molar-refractivity contribution is 5.94. The van der Waals surface area contributed by atoms with Crippen molar-refractivity contribution in [1.29, 1.82) is 0 Å². The minimum atomic E-state index is -1.04. The predicted octanol–water partition coefficient (Wildman–Crippen LogP) is 1.55. The van der Waals surface area contributed by atoms with Gasteiger partial charge in [-0.05, 0) is 42.5 Å². The summed E-state index contributed by atoms with van der Waals surface area (Å²) in [5.41, 5.74) is 6.28. The minimum absolute atomic E-state index is 0.185. The van der Waals surface area contributed by atoms with E-state index in [4.69, 9.17) is 5.73 Å². The smallest absolute Gasteiger partial charge is 0.244 e. The van der Waals surface area contributed by atoms with Crippen LogP contribution in [0.4, 0.5) is 0 Å². The molecule has 1 unspecified atom stereocenters. The van der Waals surface area contributed by atoms with E-state index in [1.807, 2.05) is 6.08 Å². The number of phenols is 1. The Bertz CT molecular complexity index is 694. The van der Waals surface area contributed by atoms with Gasteiger partial charge < -0.3 is 21.5 Å². The van der Waals surface area contributed by atoms with Gasteiger partial charge in [-0.1, -0.05) is 43.9 Å². The number of hydrogen-bond donors (Lipinski definition) is 4. The Hall–Kier alpha value is -2.83. The first-order chi connectivity index (χ1) is 13.4. The Morgan fingerprint density at radius 3 is 2.50 bits per heavy atom. The van der Waals surface area contributed by atoms with Crippen LogP contribution in [0.5, 0.6) is 5.75 Å². The van der Waals surface area contributed by atoms with E-state index in [1.54, 1.807) is 24.3 Å². The lowest BCUT2D eigenvalue weighted by molar-refractivity contribution is -0.129. The largest absolute Gasteiger partial charge is 0.508 e. The van der Waals surface area contributed by atoms with Crippen LogP contribution in [0.25, 0.3) is 0 Å². The number of nitrogens with two attached hydrogens (primary N) is 1. The van der Waals surface area contributed by atoms with Gasteiger partial charge in [0, 0.05) is 6.54 Å². The summed E-state index contributed by atoms with van der Waals surface area (Å²) in [6.07, 6.45) is 9.36. The van der Waals surface area contributed by atoms with Gasteiger partial charge in [-0.3, -0.25) is 14.4 Å². The molecule has 152 valence electrons. The van der Waals surface area contributed by atoms with Crippen LogP contribution in [0.2, 0.25) is 0 Å². The first-order valence-electron chi connectivity index (χ1n) is 9.75. The van der Waals surface area contributed by atoms with Crippen molar-refractivity contribution in [3.05, 3.63) is 42.0 Å². The fourth-order valence-electron chi connectivity index (χ4n) is 3.32. The maximum absolute atomic E-state index is 12.0. The molecule has 1 fully saturated rings. The highest BCUT2D eigenvalue weighted by Gasteiger charge is 2.20. The molecule has 1 aliphatic carbocycles. The van der Waals surface area contributed by atoms with Crippen LogP contribution in [-0.2, 0) is 20.8 Å². The summed E-state index contributed by atoms with van der Waals surface area (Å²) in [4.78, 5) is 35.6. The van der Waals surface area contributed by atoms with Gasteiger partial charge in [-0.25, -0.2) is 0 Å². The first-order valence-corrected chi connectivity index (χ1v) is 9.75. The van der Waals surface area contributed by atoms with Crippen molar-refractivity contribution in [1.82, 2.24) is 10.6 Å². The highest BCUT2D eigenvalue weighted by Crippen LogP contribution is 2.27. The molecule has 1 aliphatic rings. The fourth-order valence-corrected chi connectivity index (χ4v) is 3.32. The Kier molecular flexibility index (Phi) is 8.52. The zero-order chi connectivity index (χ0) is 20.4. The molecule has 7 nitrogen and oxygen atoms in total. The van der Waals surface area contributed by atoms with E-state index in [2.05, 4.69) is 10.6 Å². The topological polar surface area (TPSA) is 122 Å².